The van der Waals surface area contributed by atoms with Gasteiger partial charge in [0.1, 0.15) is 17.3 Å². The van der Waals surface area contributed by atoms with Crippen molar-refractivity contribution in [2.24, 2.45) is 0 Å². The van der Waals surface area contributed by atoms with E-state index >= 15 is 0 Å². The van der Waals surface area contributed by atoms with Gasteiger partial charge in [-0.1, -0.05) is 0 Å². The molecule has 0 aliphatic heterocycles. The number of halogens is 1. The van der Waals surface area contributed by atoms with Gasteiger partial charge in [-0.15, -0.1) is 0 Å². The summed E-state index contributed by atoms with van der Waals surface area (Å²) in [5.74, 6) is -0.0769. The highest BCUT2D eigenvalue weighted by Crippen LogP contribution is 2.26. The third-order valence-corrected chi connectivity index (χ3v) is 3.05. The molecule has 0 radical (unpaired) electrons. The summed E-state index contributed by atoms with van der Waals surface area (Å²) in [7, 11) is 0. The molecular formula is C15H16FNO2. The van der Waals surface area contributed by atoms with Crippen LogP contribution in [0.25, 0.3) is 0 Å². The molecule has 19 heavy (non-hydrogen) atoms. The van der Waals surface area contributed by atoms with Crippen LogP contribution in [0, 0.1) is 19.7 Å². The second-order valence-corrected chi connectivity index (χ2v) is 4.58. The van der Waals surface area contributed by atoms with Gasteiger partial charge in [0.05, 0.1) is 0 Å². The van der Waals surface area contributed by atoms with Gasteiger partial charge in [-0.2, -0.15) is 0 Å². The van der Waals surface area contributed by atoms with Crippen LogP contribution < -0.4 is 5.32 Å². The Hall–Kier alpha value is -2.23. The SMILES string of the molecule is Cc1cc(NCc2cc(F)ccc2O)c(C)cc1O. The minimum atomic E-state index is -0.381. The fourth-order valence-corrected chi connectivity index (χ4v) is 1.88. The number of aromatic hydroxyl groups is 2. The third-order valence-electron chi connectivity index (χ3n) is 3.05. The minimum absolute atomic E-state index is 0.0575. The van der Waals surface area contributed by atoms with Gasteiger partial charge in [0.2, 0.25) is 0 Å². The molecule has 0 spiro atoms. The molecule has 0 aliphatic carbocycles. The number of rotatable bonds is 3. The molecule has 0 unspecified atom stereocenters. The predicted octanol–water partition coefficient (Wildman–Crippen LogP) is 3.47. The van der Waals surface area contributed by atoms with E-state index in [-0.39, 0.29) is 17.3 Å². The summed E-state index contributed by atoms with van der Waals surface area (Å²) in [4.78, 5) is 0. The van der Waals surface area contributed by atoms with E-state index in [1.54, 1.807) is 13.0 Å². The molecule has 0 aliphatic rings. The van der Waals surface area contributed by atoms with Gasteiger partial charge in [0, 0.05) is 17.8 Å². The Morgan fingerprint density at radius 1 is 1.00 bits per heavy atom. The average Bonchev–Trinajstić information content (AvgIpc) is 2.36. The van der Waals surface area contributed by atoms with Gasteiger partial charge in [-0.3, -0.25) is 0 Å². The second kappa shape index (κ2) is 5.18. The minimum Gasteiger partial charge on any atom is -0.508 e. The van der Waals surface area contributed by atoms with E-state index in [4.69, 9.17) is 0 Å². The molecule has 0 heterocycles. The van der Waals surface area contributed by atoms with Gasteiger partial charge in [0.25, 0.3) is 0 Å². The zero-order valence-electron chi connectivity index (χ0n) is 10.9. The number of aryl methyl sites for hydroxylation is 2. The van der Waals surface area contributed by atoms with Crippen molar-refractivity contribution < 1.29 is 14.6 Å². The monoisotopic (exact) mass is 261 g/mol. The molecular weight excluding hydrogens is 245 g/mol. The molecule has 0 fully saturated rings. The van der Waals surface area contributed by atoms with Crippen molar-refractivity contribution in [2.45, 2.75) is 20.4 Å². The molecule has 0 saturated carbocycles. The van der Waals surface area contributed by atoms with Crippen LogP contribution in [-0.2, 0) is 6.54 Å². The Balaban J connectivity index is 2.19. The van der Waals surface area contributed by atoms with Crippen LogP contribution in [0.5, 0.6) is 11.5 Å². The number of phenolic OH excluding ortho intramolecular Hbond substituents is 2. The normalized spacial score (nSPS) is 10.5. The van der Waals surface area contributed by atoms with Crippen molar-refractivity contribution in [3.05, 3.63) is 52.8 Å². The van der Waals surface area contributed by atoms with Crippen LogP contribution in [0.1, 0.15) is 16.7 Å². The summed E-state index contributed by atoms with van der Waals surface area (Å²) in [6.45, 7) is 3.99. The van der Waals surface area contributed by atoms with Crippen molar-refractivity contribution >= 4 is 5.69 Å². The van der Waals surface area contributed by atoms with Crippen LogP contribution in [0.4, 0.5) is 10.1 Å². The smallest absolute Gasteiger partial charge is 0.123 e. The van der Waals surface area contributed by atoms with E-state index in [1.807, 2.05) is 13.0 Å². The molecule has 100 valence electrons. The summed E-state index contributed by atoms with van der Waals surface area (Å²) >= 11 is 0. The van der Waals surface area contributed by atoms with Crippen molar-refractivity contribution in [3.8, 4) is 11.5 Å². The van der Waals surface area contributed by atoms with Gasteiger partial charge in [-0.05, 0) is 55.3 Å². The average molecular weight is 261 g/mol. The largest absolute Gasteiger partial charge is 0.508 e. The molecule has 0 bridgehead atoms. The highest BCUT2D eigenvalue weighted by atomic mass is 19.1. The number of benzene rings is 2. The van der Waals surface area contributed by atoms with Crippen molar-refractivity contribution in [2.75, 3.05) is 5.32 Å². The topological polar surface area (TPSA) is 52.5 Å². The lowest BCUT2D eigenvalue weighted by Gasteiger charge is -2.12. The summed E-state index contributed by atoms with van der Waals surface area (Å²) in [5, 5.41) is 22.3. The standard InChI is InChI=1S/C15H16FNO2/c1-9-6-15(19)10(2)5-13(9)17-8-11-7-12(16)3-4-14(11)18/h3-7,17-19H,8H2,1-2H3. The first-order valence-corrected chi connectivity index (χ1v) is 5.99. The van der Waals surface area contributed by atoms with Gasteiger partial charge in [0.15, 0.2) is 0 Å². The van der Waals surface area contributed by atoms with Crippen molar-refractivity contribution in [1.82, 2.24) is 0 Å². The highest BCUT2D eigenvalue weighted by molar-refractivity contribution is 5.57. The summed E-state index contributed by atoms with van der Waals surface area (Å²) in [6.07, 6.45) is 0. The quantitative estimate of drug-likeness (QED) is 0.741. The number of phenols is 2. The lowest BCUT2D eigenvalue weighted by Crippen LogP contribution is -2.02. The first kappa shape index (κ1) is 13.2. The van der Waals surface area contributed by atoms with Crippen LogP contribution >= 0.6 is 0 Å². The van der Waals surface area contributed by atoms with E-state index in [0.29, 0.717) is 12.1 Å². The van der Waals surface area contributed by atoms with Crippen LogP contribution in [0.15, 0.2) is 30.3 Å². The molecule has 4 heteroatoms. The Morgan fingerprint density at radius 2 is 1.74 bits per heavy atom. The van der Waals surface area contributed by atoms with Crippen molar-refractivity contribution in [1.29, 1.82) is 0 Å². The Bertz CT molecular complexity index is 611. The van der Waals surface area contributed by atoms with Gasteiger partial charge in [-0.25, -0.2) is 4.39 Å². The third kappa shape index (κ3) is 2.96. The van der Waals surface area contributed by atoms with Gasteiger partial charge < -0.3 is 15.5 Å². The Morgan fingerprint density at radius 3 is 2.47 bits per heavy atom. The van der Waals surface area contributed by atoms with E-state index in [0.717, 1.165) is 16.8 Å². The zero-order chi connectivity index (χ0) is 14.0. The van der Waals surface area contributed by atoms with Crippen molar-refractivity contribution in [3.63, 3.8) is 0 Å². The molecule has 0 amide bonds. The summed E-state index contributed by atoms with van der Waals surface area (Å²) in [6, 6.07) is 7.34. The molecule has 2 aromatic carbocycles. The second-order valence-electron chi connectivity index (χ2n) is 4.58. The number of nitrogens with one attached hydrogen (secondary N) is 1. The van der Waals surface area contributed by atoms with E-state index in [1.165, 1.54) is 18.2 Å². The fourth-order valence-electron chi connectivity index (χ4n) is 1.88. The van der Waals surface area contributed by atoms with Crippen LogP contribution in [-0.4, -0.2) is 10.2 Å². The lowest BCUT2D eigenvalue weighted by atomic mass is 10.1. The molecule has 0 atom stereocenters. The van der Waals surface area contributed by atoms with E-state index < -0.39 is 0 Å². The Labute approximate surface area is 111 Å². The van der Waals surface area contributed by atoms with E-state index in [2.05, 4.69) is 5.32 Å². The predicted molar refractivity (Wildman–Crippen MR) is 73.0 cm³/mol. The summed E-state index contributed by atoms with van der Waals surface area (Å²) in [5.41, 5.74) is 2.99. The molecule has 0 aromatic heterocycles. The molecule has 2 aromatic rings. The molecule has 2 rings (SSSR count). The maximum Gasteiger partial charge on any atom is 0.123 e. The number of anilines is 1. The maximum absolute atomic E-state index is 13.1. The highest BCUT2D eigenvalue weighted by Gasteiger charge is 2.06. The Kier molecular flexibility index (Phi) is 3.60. The first-order chi connectivity index (χ1) is 8.97. The van der Waals surface area contributed by atoms with Gasteiger partial charge >= 0.3 is 0 Å². The lowest BCUT2D eigenvalue weighted by molar-refractivity contribution is 0.466. The molecule has 0 saturated heterocycles. The summed E-state index contributed by atoms with van der Waals surface area (Å²) < 4.78 is 13.1. The fraction of sp³-hybridized carbons (Fsp3) is 0.200. The van der Waals surface area contributed by atoms with Crippen LogP contribution in [0.2, 0.25) is 0 Å². The number of hydrogen-bond acceptors (Lipinski definition) is 3. The maximum atomic E-state index is 13.1. The van der Waals surface area contributed by atoms with Crippen LogP contribution in [0.3, 0.4) is 0 Å². The first-order valence-electron chi connectivity index (χ1n) is 5.99. The number of hydrogen-bond donors (Lipinski definition) is 3. The molecule has 3 N–H and O–H groups in total. The van der Waals surface area contributed by atoms with E-state index in [9.17, 15) is 14.6 Å². The zero-order valence-corrected chi connectivity index (χ0v) is 10.9. The molecule has 3 nitrogen and oxygen atoms in total.